The summed E-state index contributed by atoms with van der Waals surface area (Å²) in [5.74, 6) is 0.171. The van der Waals surface area contributed by atoms with E-state index >= 15 is 0 Å². The van der Waals surface area contributed by atoms with Crippen LogP contribution in [0.1, 0.15) is 23.7 Å². The zero-order valence-corrected chi connectivity index (χ0v) is 12.5. The highest BCUT2D eigenvalue weighted by atomic mass is 35.5. The molecule has 7 heteroatoms. The van der Waals surface area contributed by atoms with Crippen molar-refractivity contribution >= 4 is 29.1 Å². The van der Waals surface area contributed by atoms with Crippen molar-refractivity contribution in [2.45, 2.75) is 25.0 Å². The molecule has 5 nitrogen and oxygen atoms in total. The number of H-pyrrole nitrogens is 1. The molecule has 2 aromatic rings. The van der Waals surface area contributed by atoms with Crippen molar-refractivity contribution in [3.05, 3.63) is 45.3 Å². The van der Waals surface area contributed by atoms with Gasteiger partial charge in [-0.3, -0.25) is 9.36 Å². The van der Waals surface area contributed by atoms with E-state index in [0.29, 0.717) is 22.3 Å². The Morgan fingerprint density at radius 2 is 2.30 bits per heavy atom. The van der Waals surface area contributed by atoms with Gasteiger partial charge in [-0.1, -0.05) is 42.4 Å². The fraction of sp³-hybridized carbons (Fsp3) is 0.308. The number of halogens is 1. The largest absolute Gasteiger partial charge is 0.343 e. The van der Waals surface area contributed by atoms with Crippen molar-refractivity contribution in [2.75, 3.05) is 5.75 Å². The van der Waals surface area contributed by atoms with Crippen LogP contribution in [0.15, 0.2) is 34.2 Å². The first-order chi connectivity index (χ1) is 9.61. The standard InChI is InChI=1S/C13H14ClN3O2S/c1-2-6-17-12(19)15-16-13(17)20-8-11(18)9-4-3-5-10(14)7-9/h3-5,7H,2,6,8H2,1H3,(H,15,19). The minimum atomic E-state index is -0.246. The number of nitrogens with zero attached hydrogens (tertiary/aromatic N) is 2. The van der Waals surface area contributed by atoms with Crippen molar-refractivity contribution in [1.29, 1.82) is 0 Å². The summed E-state index contributed by atoms with van der Waals surface area (Å²) in [6.45, 7) is 2.56. The second kappa shape index (κ2) is 6.76. The van der Waals surface area contributed by atoms with E-state index in [1.807, 2.05) is 6.92 Å². The number of hydrogen-bond donors (Lipinski definition) is 1. The lowest BCUT2D eigenvalue weighted by molar-refractivity contribution is 0.102. The number of carbonyl (C=O) groups excluding carboxylic acids is 1. The van der Waals surface area contributed by atoms with Crippen molar-refractivity contribution in [3.63, 3.8) is 0 Å². The van der Waals surface area contributed by atoms with E-state index in [9.17, 15) is 9.59 Å². The summed E-state index contributed by atoms with van der Waals surface area (Å²) in [4.78, 5) is 23.6. The van der Waals surface area contributed by atoms with Crippen LogP contribution in [0.25, 0.3) is 0 Å². The van der Waals surface area contributed by atoms with Crippen LogP contribution in [0.2, 0.25) is 5.02 Å². The lowest BCUT2D eigenvalue weighted by Gasteiger charge is -2.03. The first kappa shape index (κ1) is 14.9. The molecule has 0 aliphatic rings. The number of aromatic nitrogens is 3. The third kappa shape index (κ3) is 3.52. The number of benzene rings is 1. The zero-order chi connectivity index (χ0) is 14.5. The first-order valence-corrected chi connectivity index (χ1v) is 7.55. The molecule has 0 atom stereocenters. The smallest absolute Gasteiger partial charge is 0.293 e. The molecule has 1 N–H and O–H groups in total. The molecule has 0 fully saturated rings. The molecule has 1 aromatic carbocycles. The Morgan fingerprint density at radius 1 is 1.50 bits per heavy atom. The lowest BCUT2D eigenvalue weighted by atomic mass is 10.1. The first-order valence-electron chi connectivity index (χ1n) is 6.18. The normalized spacial score (nSPS) is 10.7. The number of carbonyl (C=O) groups is 1. The number of ketones is 1. The van der Waals surface area contributed by atoms with Gasteiger partial charge in [-0.2, -0.15) is 0 Å². The van der Waals surface area contributed by atoms with Gasteiger partial charge >= 0.3 is 5.69 Å². The Morgan fingerprint density at radius 3 is 3.00 bits per heavy atom. The van der Waals surface area contributed by atoms with Crippen LogP contribution in [0.5, 0.6) is 0 Å². The molecule has 0 amide bonds. The Bertz CT molecular complexity index is 666. The Kier molecular flexibility index (Phi) is 5.03. The van der Waals surface area contributed by atoms with Crippen LogP contribution in [0.3, 0.4) is 0 Å². The SMILES string of the molecule is CCCn1c(SCC(=O)c2cccc(Cl)c2)n[nH]c1=O. The summed E-state index contributed by atoms with van der Waals surface area (Å²) >= 11 is 7.10. The molecule has 2 rings (SSSR count). The third-order valence-corrected chi connectivity index (χ3v) is 3.86. The van der Waals surface area contributed by atoms with Gasteiger partial charge in [0.05, 0.1) is 5.75 Å². The minimum Gasteiger partial charge on any atom is -0.293 e. The molecule has 1 heterocycles. The molecule has 20 heavy (non-hydrogen) atoms. The second-order valence-electron chi connectivity index (χ2n) is 4.19. The second-order valence-corrected chi connectivity index (χ2v) is 5.56. The predicted octanol–water partition coefficient (Wildman–Crippen LogP) is 2.61. The van der Waals surface area contributed by atoms with Gasteiger partial charge in [0.2, 0.25) is 0 Å². The van der Waals surface area contributed by atoms with Gasteiger partial charge in [-0.25, -0.2) is 9.89 Å². The van der Waals surface area contributed by atoms with Crippen molar-refractivity contribution in [3.8, 4) is 0 Å². The lowest BCUT2D eigenvalue weighted by Crippen LogP contribution is -2.17. The van der Waals surface area contributed by atoms with Crippen LogP contribution in [0.4, 0.5) is 0 Å². The highest BCUT2D eigenvalue weighted by molar-refractivity contribution is 7.99. The van der Waals surface area contributed by atoms with Gasteiger partial charge in [-0.05, 0) is 18.6 Å². The van der Waals surface area contributed by atoms with Gasteiger partial charge in [-0.15, -0.1) is 5.10 Å². The van der Waals surface area contributed by atoms with Crippen LogP contribution in [-0.2, 0) is 6.54 Å². The van der Waals surface area contributed by atoms with Crippen LogP contribution in [0, 0.1) is 0 Å². The topological polar surface area (TPSA) is 67.8 Å². The van der Waals surface area contributed by atoms with E-state index in [1.54, 1.807) is 24.3 Å². The fourth-order valence-electron chi connectivity index (χ4n) is 1.71. The maximum absolute atomic E-state index is 12.0. The van der Waals surface area contributed by atoms with Gasteiger partial charge in [0.1, 0.15) is 0 Å². The average molecular weight is 312 g/mol. The third-order valence-electron chi connectivity index (χ3n) is 2.65. The monoisotopic (exact) mass is 311 g/mol. The molecule has 0 saturated heterocycles. The number of rotatable bonds is 6. The molecule has 0 radical (unpaired) electrons. The molecule has 0 aliphatic heterocycles. The quantitative estimate of drug-likeness (QED) is 0.658. The minimum absolute atomic E-state index is 0.0454. The van der Waals surface area contributed by atoms with Crippen molar-refractivity contribution in [2.24, 2.45) is 0 Å². The van der Waals surface area contributed by atoms with E-state index < -0.39 is 0 Å². The molecule has 0 bridgehead atoms. The number of thioether (sulfide) groups is 1. The average Bonchev–Trinajstić information content (AvgIpc) is 2.78. The van der Waals surface area contributed by atoms with E-state index in [2.05, 4.69) is 10.2 Å². The van der Waals surface area contributed by atoms with Crippen LogP contribution in [-0.4, -0.2) is 26.3 Å². The predicted molar refractivity (Wildman–Crippen MR) is 79.6 cm³/mol. The van der Waals surface area contributed by atoms with Gasteiger partial charge in [0.25, 0.3) is 0 Å². The highest BCUT2D eigenvalue weighted by Gasteiger charge is 2.12. The molecular weight excluding hydrogens is 298 g/mol. The van der Waals surface area contributed by atoms with Crippen molar-refractivity contribution < 1.29 is 4.79 Å². The van der Waals surface area contributed by atoms with Gasteiger partial charge in [0.15, 0.2) is 10.9 Å². The number of Topliss-reactive ketones (excluding diaryl/α,β-unsaturated/α-hetero) is 1. The Hall–Kier alpha value is -1.53. The molecule has 106 valence electrons. The summed E-state index contributed by atoms with van der Waals surface area (Å²) < 4.78 is 1.54. The number of nitrogens with one attached hydrogen (secondary N) is 1. The molecule has 0 saturated carbocycles. The molecular formula is C13H14ClN3O2S. The van der Waals surface area contributed by atoms with E-state index in [4.69, 9.17) is 11.6 Å². The van der Waals surface area contributed by atoms with Crippen molar-refractivity contribution in [1.82, 2.24) is 14.8 Å². The van der Waals surface area contributed by atoms with Gasteiger partial charge < -0.3 is 0 Å². The Labute approximate surface area is 125 Å². The fourth-order valence-corrected chi connectivity index (χ4v) is 2.77. The van der Waals surface area contributed by atoms with E-state index in [1.165, 1.54) is 16.3 Å². The molecule has 1 aromatic heterocycles. The Balaban J connectivity index is 2.05. The van der Waals surface area contributed by atoms with Crippen LogP contribution >= 0.6 is 23.4 Å². The van der Waals surface area contributed by atoms with E-state index in [-0.39, 0.29) is 17.2 Å². The summed E-state index contributed by atoms with van der Waals surface area (Å²) in [7, 11) is 0. The summed E-state index contributed by atoms with van der Waals surface area (Å²) in [5.41, 5.74) is 0.314. The molecule has 0 unspecified atom stereocenters. The summed E-state index contributed by atoms with van der Waals surface area (Å²) in [6, 6.07) is 6.81. The van der Waals surface area contributed by atoms with Crippen LogP contribution < -0.4 is 5.69 Å². The molecule has 0 spiro atoms. The molecule has 0 aliphatic carbocycles. The summed E-state index contributed by atoms with van der Waals surface area (Å²) in [5, 5.41) is 7.39. The van der Waals surface area contributed by atoms with E-state index in [0.717, 1.165) is 6.42 Å². The number of hydrogen-bond acceptors (Lipinski definition) is 4. The number of aromatic amines is 1. The maximum Gasteiger partial charge on any atom is 0.343 e. The summed E-state index contributed by atoms with van der Waals surface area (Å²) in [6.07, 6.45) is 0.829. The maximum atomic E-state index is 12.0. The van der Waals surface area contributed by atoms with Gasteiger partial charge in [0, 0.05) is 17.1 Å². The zero-order valence-electron chi connectivity index (χ0n) is 10.9. The highest BCUT2D eigenvalue weighted by Crippen LogP contribution is 2.17.